The van der Waals surface area contributed by atoms with Crippen molar-refractivity contribution in [2.45, 2.75) is 25.3 Å². The Balaban J connectivity index is 2.12. The van der Waals surface area contributed by atoms with Gasteiger partial charge >= 0.3 is 0 Å². The number of ketones is 1. The predicted octanol–water partition coefficient (Wildman–Crippen LogP) is 1.99. The van der Waals surface area contributed by atoms with Gasteiger partial charge in [-0.25, -0.2) is 8.78 Å². The lowest BCUT2D eigenvalue weighted by Gasteiger charge is -2.33. The molecule has 1 heterocycles. The number of Topliss-reactive ketones (excluding diaryl/α,β-unsaturated/α-hetero) is 1. The minimum absolute atomic E-state index is 0.0347. The highest BCUT2D eigenvalue weighted by Crippen LogP contribution is 2.19. The zero-order valence-electron chi connectivity index (χ0n) is 10.6. The van der Waals surface area contributed by atoms with Gasteiger partial charge < -0.3 is 5.11 Å². The van der Waals surface area contributed by atoms with Gasteiger partial charge in [-0.15, -0.1) is 0 Å². The summed E-state index contributed by atoms with van der Waals surface area (Å²) in [5.74, 6) is -2.24. The van der Waals surface area contributed by atoms with Crippen molar-refractivity contribution in [2.75, 3.05) is 19.7 Å². The van der Waals surface area contributed by atoms with E-state index in [1.54, 1.807) is 4.90 Å². The second-order valence-electron chi connectivity index (χ2n) is 4.82. The quantitative estimate of drug-likeness (QED) is 0.850. The van der Waals surface area contributed by atoms with Crippen molar-refractivity contribution < 1.29 is 18.7 Å². The summed E-state index contributed by atoms with van der Waals surface area (Å²) in [5, 5.41) is 9.25. The van der Waals surface area contributed by atoms with Crippen molar-refractivity contribution in [2.24, 2.45) is 0 Å². The molecular formula is C14H17F2NO2. The first-order valence-electron chi connectivity index (χ1n) is 6.45. The molecule has 1 aromatic rings. The number of carbonyl (C=O) groups is 1. The number of hydrogen-bond acceptors (Lipinski definition) is 3. The Morgan fingerprint density at radius 2 is 2.00 bits per heavy atom. The molecule has 0 radical (unpaired) electrons. The maximum absolute atomic E-state index is 13.5. The lowest BCUT2D eigenvalue weighted by atomic mass is 10.0. The molecule has 0 aromatic heterocycles. The van der Waals surface area contributed by atoms with Crippen LogP contribution in [-0.2, 0) is 0 Å². The molecule has 1 aliphatic rings. The number of benzene rings is 1. The molecule has 1 N–H and O–H groups in total. The minimum atomic E-state index is -0.831. The van der Waals surface area contributed by atoms with E-state index in [4.69, 9.17) is 0 Å². The normalized spacial score (nSPS) is 20.5. The third-order valence-corrected chi connectivity index (χ3v) is 3.55. The number of rotatable bonds is 4. The second-order valence-corrected chi connectivity index (χ2v) is 4.82. The van der Waals surface area contributed by atoms with Crippen molar-refractivity contribution >= 4 is 5.78 Å². The Kier molecular flexibility index (Phi) is 4.61. The van der Waals surface area contributed by atoms with Gasteiger partial charge in [-0.05, 0) is 31.5 Å². The largest absolute Gasteiger partial charge is 0.395 e. The number of nitrogens with zero attached hydrogens (tertiary/aromatic N) is 1. The Morgan fingerprint density at radius 1 is 1.32 bits per heavy atom. The van der Waals surface area contributed by atoms with Crippen LogP contribution in [0, 0.1) is 11.6 Å². The summed E-state index contributed by atoms with van der Waals surface area (Å²) in [6.07, 6.45) is 2.75. The van der Waals surface area contributed by atoms with Gasteiger partial charge in [0.05, 0.1) is 18.7 Å². The minimum Gasteiger partial charge on any atom is -0.395 e. The Morgan fingerprint density at radius 3 is 2.63 bits per heavy atom. The third-order valence-electron chi connectivity index (χ3n) is 3.55. The molecule has 3 nitrogen and oxygen atoms in total. The molecule has 1 saturated heterocycles. The molecule has 1 atom stereocenters. The molecule has 0 bridgehead atoms. The van der Waals surface area contributed by atoms with Crippen LogP contribution in [-0.4, -0.2) is 41.5 Å². The van der Waals surface area contributed by atoms with Gasteiger partial charge in [-0.2, -0.15) is 0 Å². The Labute approximate surface area is 110 Å². The molecular weight excluding hydrogens is 252 g/mol. The number of aliphatic hydroxyl groups excluding tert-OH is 1. The fourth-order valence-corrected chi connectivity index (χ4v) is 2.50. The van der Waals surface area contributed by atoms with Crippen LogP contribution in [0.2, 0.25) is 0 Å². The van der Waals surface area contributed by atoms with E-state index in [9.17, 15) is 18.7 Å². The zero-order chi connectivity index (χ0) is 13.8. The molecule has 1 unspecified atom stereocenters. The first-order chi connectivity index (χ1) is 9.13. The molecule has 5 heteroatoms. The number of aliphatic hydroxyl groups is 1. The van der Waals surface area contributed by atoms with Crippen LogP contribution in [0.3, 0.4) is 0 Å². The number of likely N-dealkylation sites (tertiary alicyclic amines) is 1. The van der Waals surface area contributed by atoms with Crippen molar-refractivity contribution in [1.82, 2.24) is 4.90 Å². The average molecular weight is 269 g/mol. The molecule has 1 aromatic carbocycles. The predicted molar refractivity (Wildman–Crippen MR) is 67.0 cm³/mol. The summed E-state index contributed by atoms with van der Waals surface area (Å²) in [7, 11) is 0. The van der Waals surface area contributed by atoms with Crippen molar-refractivity contribution in [3.63, 3.8) is 0 Å². The van der Waals surface area contributed by atoms with E-state index >= 15 is 0 Å². The highest BCUT2D eigenvalue weighted by atomic mass is 19.1. The SMILES string of the molecule is O=C(CN1CCCCC1CO)c1c(F)cccc1F. The maximum Gasteiger partial charge on any atom is 0.182 e. The monoisotopic (exact) mass is 269 g/mol. The molecule has 0 amide bonds. The first-order valence-corrected chi connectivity index (χ1v) is 6.45. The van der Waals surface area contributed by atoms with Gasteiger partial charge in [0.15, 0.2) is 5.78 Å². The molecule has 1 aliphatic heterocycles. The van der Waals surface area contributed by atoms with Gasteiger partial charge in [0.25, 0.3) is 0 Å². The lowest BCUT2D eigenvalue weighted by Crippen LogP contribution is -2.44. The molecule has 2 rings (SSSR count). The van der Waals surface area contributed by atoms with Crippen LogP contribution in [0.1, 0.15) is 29.6 Å². The summed E-state index contributed by atoms with van der Waals surface area (Å²) < 4.78 is 27.0. The third kappa shape index (κ3) is 3.16. The average Bonchev–Trinajstić information content (AvgIpc) is 2.39. The summed E-state index contributed by atoms with van der Waals surface area (Å²) in [4.78, 5) is 13.8. The van der Waals surface area contributed by atoms with E-state index in [1.807, 2.05) is 0 Å². The van der Waals surface area contributed by atoms with E-state index in [0.29, 0.717) is 6.54 Å². The van der Waals surface area contributed by atoms with Crippen molar-refractivity contribution in [1.29, 1.82) is 0 Å². The summed E-state index contributed by atoms with van der Waals surface area (Å²) >= 11 is 0. The van der Waals surface area contributed by atoms with E-state index < -0.39 is 23.0 Å². The van der Waals surface area contributed by atoms with Gasteiger partial charge in [-0.3, -0.25) is 9.69 Å². The van der Waals surface area contributed by atoms with E-state index in [0.717, 1.165) is 31.4 Å². The fourth-order valence-electron chi connectivity index (χ4n) is 2.50. The van der Waals surface area contributed by atoms with Gasteiger partial charge in [-0.1, -0.05) is 12.5 Å². The van der Waals surface area contributed by atoms with Gasteiger partial charge in [0, 0.05) is 6.04 Å². The number of carbonyl (C=O) groups excluding carboxylic acids is 1. The summed E-state index contributed by atoms with van der Waals surface area (Å²) in [5.41, 5.74) is -0.482. The van der Waals surface area contributed by atoms with Crippen LogP contribution in [0.15, 0.2) is 18.2 Å². The number of hydrogen-bond donors (Lipinski definition) is 1. The fraction of sp³-hybridized carbons (Fsp3) is 0.500. The van der Waals surface area contributed by atoms with Gasteiger partial charge in [0.2, 0.25) is 0 Å². The smallest absolute Gasteiger partial charge is 0.182 e. The Bertz CT molecular complexity index is 445. The Hall–Kier alpha value is -1.33. The van der Waals surface area contributed by atoms with Crippen LogP contribution < -0.4 is 0 Å². The van der Waals surface area contributed by atoms with E-state index in [2.05, 4.69) is 0 Å². The van der Waals surface area contributed by atoms with Crippen LogP contribution >= 0.6 is 0 Å². The molecule has 1 fully saturated rings. The van der Waals surface area contributed by atoms with Crippen molar-refractivity contribution in [3.05, 3.63) is 35.4 Å². The highest BCUT2D eigenvalue weighted by molar-refractivity contribution is 5.98. The summed E-state index contributed by atoms with van der Waals surface area (Å²) in [6, 6.07) is 3.30. The first kappa shape index (κ1) is 14.1. The molecule has 104 valence electrons. The van der Waals surface area contributed by atoms with Crippen LogP contribution in [0.5, 0.6) is 0 Å². The molecule has 0 aliphatic carbocycles. The number of piperidine rings is 1. The standard InChI is InChI=1S/C14H17F2NO2/c15-11-5-3-6-12(16)14(11)13(19)8-17-7-2-1-4-10(17)9-18/h3,5-6,10,18H,1-2,4,7-9H2. The van der Waals surface area contributed by atoms with E-state index in [1.165, 1.54) is 6.07 Å². The number of halogens is 2. The topological polar surface area (TPSA) is 40.5 Å². The molecule has 0 spiro atoms. The second kappa shape index (κ2) is 6.21. The zero-order valence-corrected chi connectivity index (χ0v) is 10.6. The highest BCUT2D eigenvalue weighted by Gasteiger charge is 2.26. The van der Waals surface area contributed by atoms with Gasteiger partial charge in [0.1, 0.15) is 11.6 Å². The van der Waals surface area contributed by atoms with Crippen LogP contribution in [0.4, 0.5) is 8.78 Å². The lowest BCUT2D eigenvalue weighted by molar-refractivity contribution is 0.0705. The van der Waals surface area contributed by atoms with Crippen LogP contribution in [0.25, 0.3) is 0 Å². The van der Waals surface area contributed by atoms with Crippen molar-refractivity contribution in [3.8, 4) is 0 Å². The maximum atomic E-state index is 13.5. The molecule has 19 heavy (non-hydrogen) atoms. The molecule has 0 saturated carbocycles. The van der Waals surface area contributed by atoms with E-state index in [-0.39, 0.29) is 19.2 Å². The summed E-state index contributed by atoms with van der Waals surface area (Å²) in [6.45, 7) is 0.586.